The fourth-order valence-corrected chi connectivity index (χ4v) is 3.94. The number of nitrogens with zero attached hydrogens (tertiary/aromatic N) is 5. The molecule has 9 heteroatoms. The molecule has 0 amide bonds. The third-order valence-electron chi connectivity index (χ3n) is 5.49. The second kappa shape index (κ2) is 6.58. The first kappa shape index (κ1) is 19.1. The molecule has 0 saturated carbocycles. The molecular weight excluding hydrogens is 394 g/mol. The van der Waals surface area contributed by atoms with Crippen LogP contribution < -0.4 is 11.0 Å². The lowest BCUT2D eigenvalue weighted by Gasteiger charge is -2.16. The van der Waals surface area contributed by atoms with Crippen LogP contribution in [0.4, 0.5) is 11.5 Å². The molecule has 0 atom stereocenters. The summed E-state index contributed by atoms with van der Waals surface area (Å²) in [5.41, 5.74) is 4.64. The van der Waals surface area contributed by atoms with Crippen molar-refractivity contribution in [1.29, 1.82) is 0 Å². The van der Waals surface area contributed by atoms with Crippen LogP contribution >= 0.6 is 0 Å². The maximum atomic E-state index is 11.9. The van der Waals surface area contributed by atoms with Crippen molar-refractivity contribution in [3.05, 3.63) is 65.1 Å². The molecule has 1 aromatic carbocycles. The molecule has 0 bridgehead atoms. The number of benzene rings is 1. The van der Waals surface area contributed by atoms with E-state index in [0.717, 1.165) is 33.5 Å². The van der Waals surface area contributed by atoms with Crippen molar-refractivity contribution < 1.29 is 5.11 Å². The van der Waals surface area contributed by atoms with Crippen LogP contribution in [0.3, 0.4) is 0 Å². The minimum Gasteiger partial charge on any atom is -0.384 e. The minimum atomic E-state index is -1.01. The summed E-state index contributed by atoms with van der Waals surface area (Å²) in [4.78, 5) is 19.3. The number of aromatic amines is 1. The Balaban J connectivity index is 1.60. The van der Waals surface area contributed by atoms with Crippen LogP contribution in [0.5, 0.6) is 0 Å². The molecule has 5 aromatic rings. The second-order valence-electron chi connectivity index (χ2n) is 8.24. The molecule has 158 valence electrons. The van der Waals surface area contributed by atoms with Crippen molar-refractivity contribution in [3.8, 4) is 11.1 Å². The van der Waals surface area contributed by atoms with Crippen LogP contribution in [0.15, 0.2) is 53.7 Å². The zero-order valence-corrected chi connectivity index (χ0v) is 17.7. The van der Waals surface area contributed by atoms with Gasteiger partial charge < -0.3 is 19.8 Å². The smallest absolute Gasteiger partial charge is 0.326 e. The van der Waals surface area contributed by atoms with E-state index in [9.17, 15) is 9.90 Å². The normalized spacial score (nSPS) is 12.2. The Labute approximate surface area is 177 Å². The number of hydrogen-bond acceptors (Lipinski definition) is 5. The molecule has 3 N–H and O–H groups in total. The number of fused-ring (bicyclic) bond motifs is 2. The van der Waals surface area contributed by atoms with E-state index in [1.807, 2.05) is 47.1 Å². The number of pyridine rings is 1. The van der Waals surface area contributed by atoms with Crippen LogP contribution in [0.2, 0.25) is 0 Å². The lowest BCUT2D eigenvalue weighted by Crippen LogP contribution is -2.19. The van der Waals surface area contributed by atoms with Gasteiger partial charge in [-0.2, -0.15) is 5.10 Å². The summed E-state index contributed by atoms with van der Waals surface area (Å²) < 4.78 is 5.19. The molecule has 4 heterocycles. The van der Waals surface area contributed by atoms with E-state index >= 15 is 0 Å². The molecule has 0 unspecified atom stereocenters. The van der Waals surface area contributed by atoms with Crippen LogP contribution in [0.1, 0.15) is 19.5 Å². The molecule has 0 radical (unpaired) electrons. The molecule has 4 aromatic heterocycles. The SMILES string of the molecule is Cn1nc(Nc2cc(-c3ccc4c(c3)[nH]c(=O)n4C)cn3ccnc23)cc1C(C)(C)O. The predicted octanol–water partition coefficient (Wildman–Crippen LogP) is 2.89. The van der Waals surface area contributed by atoms with Gasteiger partial charge in [0.15, 0.2) is 11.5 Å². The van der Waals surface area contributed by atoms with E-state index in [1.165, 1.54) is 0 Å². The maximum Gasteiger partial charge on any atom is 0.326 e. The van der Waals surface area contributed by atoms with E-state index in [0.29, 0.717) is 11.5 Å². The van der Waals surface area contributed by atoms with Crippen LogP contribution in [-0.2, 0) is 19.7 Å². The molecule has 9 nitrogen and oxygen atoms in total. The van der Waals surface area contributed by atoms with E-state index < -0.39 is 5.60 Å². The number of aryl methyl sites for hydroxylation is 2. The lowest BCUT2D eigenvalue weighted by atomic mass is 10.1. The van der Waals surface area contributed by atoms with E-state index in [4.69, 9.17) is 0 Å². The monoisotopic (exact) mass is 417 g/mol. The van der Waals surface area contributed by atoms with Crippen molar-refractivity contribution in [2.75, 3.05) is 5.32 Å². The van der Waals surface area contributed by atoms with E-state index in [-0.39, 0.29) is 5.69 Å². The topological polar surface area (TPSA) is 105 Å². The highest BCUT2D eigenvalue weighted by Crippen LogP contribution is 2.30. The second-order valence-corrected chi connectivity index (χ2v) is 8.24. The summed E-state index contributed by atoms with van der Waals surface area (Å²) in [6.45, 7) is 3.45. The first-order valence-electron chi connectivity index (χ1n) is 9.90. The summed E-state index contributed by atoms with van der Waals surface area (Å²) in [5, 5.41) is 18.2. The fourth-order valence-electron chi connectivity index (χ4n) is 3.94. The number of aromatic nitrogens is 6. The number of hydrogen-bond donors (Lipinski definition) is 3. The van der Waals surface area contributed by atoms with Crippen molar-refractivity contribution in [1.82, 2.24) is 28.7 Å². The summed E-state index contributed by atoms with van der Waals surface area (Å²) in [6.07, 6.45) is 5.62. The number of anilines is 2. The first-order valence-corrected chi connectivity index (χ1v) is 9.90. The van der Waals surface area contributed by atoms with Gasteiger partial charge in [-0.15, -0.1) is 0 Å². The van der Waals surface area contributed by atoms with Gasteiger partial charge in [-0.1, -0.05) is 6.07 Å². The molecule has 0 aliphatic rings. The summed E-state index contributed by atoms with van der Waals surface area (Å²) in [7, 11) is 3.55. The van der Waals surface area contributed by atoms with Crippen molar-refractivity contribution in [2.45, 2.75) is 19.4 Å². The zero-order valence-electron chi connectivity index (χ0n) is 17.7. The Morgan fingerprint density at radius 1 is 1.13 bits per heavy atom. The van der Waals surface area contributed by atoms with Gasteiger partial charge >= 0.3 is 5.69 Å². The highest BCUT2D eigenvalue weighted by molar-refractivity contribution is 5.85. The summed E-state index contributed by atoms with van der Waals surface area (Å²) >= 11 is 0. The number of rotatable bonds is 4. The quantitative estimate of drug-likeness (QED) is 0.417. The van der Waals surface area contributed by atoms with Gasteiger partial charge in [0, 0.05) is 44.3 Å². The number of aliphatic hydroxyl groups is 1. The van der Waals surface area contributed by atoms with Gasteiger partial charge in [-0.05, 0) is 37.6 Å². The summed E-state index contributed by atoms with van der Waals surface area (Å²) in [5.74, 6) is 0.615. The van der Waals surface area contributed by atoms with Gasteiger partial charge in [0.05, 0.1) is 22.4 Å². The zero-order chi connectivity index (χ0) is 21.9. The number of imidazole rings is 2. The molecular formula is C22H23N7O2. The Kier molecular flexibility index (Phi) is 4.06. The lowest BCUT2D eigenvalue weighted by molar-refractivity contribution is 0.0696. The summed E-state index contributed by atoms with van der Waals surface area (Å²) in [6, 6.07) is 9.72. The average molecular weight is 417 g/mol. The molecule has 0 aliphatic carbocycles. The third-order valence-corrected chi connectivity index (χ3v) is 5.49. The Morgan fingerprint density at radius 3 is 2.68 bits per heavy atom. The van der Waals surface area contributed by atoms with Gasteiger partial charge in [-0.25, -0.2) is 9.78 Å². The van der Waals surface area contributed by atoms with Crippen molar-refractivity contribution in [2.24, 2.45) is 14.1 Å². The Bertz CT molecular complexity index is 1490. The molecule has 0 spiro atoms. The number of H-pyrrole nitrogens is 1. The van der Waals surface area contributed by atoms with E-state index in [2.05, 4.69) is 20.4 Å². The maximum absolute atomic E-state index is 11.9. The third kappa shape index (κ3) is 3.19. The van der Waals surface area contributed by atoms with Crippen molar-refractivity contribution >= 4 is 28.2 Å². The predicted molar refractivity (Wildman–Crippen MR) is 119 cm³/mol. The standard InChI is InChI=1S/C22H23N7O2/c1-22(2,31)18-11-19(26-28(18)4)24-16-10-14(12-29-8-7-23-20(16)29)13-5-6-17-15(9-13)25-21(30)27(17)3/h5-12,31H,1-4H3,(H,24,26)(H,25,30). The van der Waals surface area contributed by atoms with Gasteiger partial charge in [-0.3, -0.25) is 9.25 Å². The van der Waals surface area contributed by atoms with Gasteiger partial charge in [0.25, 0.3) is 0 Å². The van der Waals surface area contributed by atoms with Gasteiger partial charge in [0.2, 0.25) is 0 Å². The highest BCUT2D eigenvalue weighted by atomic mass is 16.3. The highest BCUT2D eigenvalue weighted by Gasteiger charge is 2.22. The average Bonchev–Trinajstić information content (AvgIpc) is 3.39. The van der Waals surface area contributed by atoms with Gasteiger partial charge in [0.1, 0.15) is 5.60 Å². The molecule has 0 saturated heterocycles. The first-order chi connectivity index (χ1) is 14.7. The van der Waals surface area contributed by atoms with Crippen molar-refractivity contribution in [3.63, 3.8) is 0 Å². The number of nitrogens with one attached hydrogen (secondary N) is 2. The van der Waals surface area contributed by atoms with E-state index in [1.54, 1.807) is 43.4 Å². The minimum absolute atomic E-state index is 0.141. The fraction of sp³-hybridized carbons (Fsp3) is 0.227. The molecule has 0 aliphatic heterocycles. The largest absolute Gasteiger partial charge is 0.384 e. The molecule has 5 rings (SSSR count). The van der Waals surface area contributed by atoms with Crippen LogP contribution in [0.25, 0.3) is 27.8 Å². The Morgan fingerprint density at radius 2 is 1.94 bits per heavy atom. The van der Waals surface area contributed by atoms with Crippen LogP contribution in [-0.4, -0.2) is 33.8 Å². The van der Waals surface area contributed by atoms with Crippen LogP contribution in [0, 0.1) is 0 Å². The molecule has 0 fully saturated rings. The molecule has 31 heavy (non-hydrogen) atoms. The Hall–Kier alpha value is -3.85.